The normalized spacial score (nSPS) is 43.1. The van der Waals surface area contributed by atoms with Gasteiger partial charge in [-0.1, -0.05) is 6.08 Å². The summed E-state index contributed by atoms with van der Waals surface area (Å²) in [7, 11) is 0. The molecule has 0 heterocycles. The van der Waals surface area contributed by atoms with Crippen molar-refractivity contribution in [3.8, 4) is 0 Å². The van der Waals surface area contributed by atoms with E-state index in [1.54, 1.807) is 6.42 Å². The van der Waals surface area contributed by atoms with Crippen molar-refractivity contribution in [1.29, 1.82) is 0 Å². The van der Waals surface area contributed by atoms with Crippen LogP contribution in [0.5, 0.6) is 0 Å². The average Bonchev–Trinajstić information content (AvgIpc) is 2.34. The standard InChI is InChI=1S/C16H27NO/c1-3-4-18-11(2)10-17-16-14-6-12-5-13(8-14)9-15(16)7-12/h3,11-17H,1,4-10H2,2H3. The molecule has 4 bridgehead atoms. The van der Waals surface area contributed by atoms with Gasteiger partial charge in [-0.25, -0.2) is 0 Å². The summed E-state index contributed by atoms with van der Waals surface area (Å²) in [6.45, 7) is 7.53. The van der Waals surface area contributed by atoms with Gasteiger partial charge in [0.1, 0.15) is 0 Å². The molecule has 4 aliphatic rings. The Kier molecular flexibility index (Phi) is 3.76. The molecule has 0 aromatic carbocycles. The van der Waals surface area contributed by atoms with Crippen LogP contribution in [-0.4, -0.2) is 25.3 Å². The van der Waals surface area contributed by atoms with Crippen molar-refractivity contribution >= 4 is 0 Å². The van der Waals surface area contributed by atoms with E-state index in [1.807, 2.05) is 6.08 Å². The van der Waals surface area contributed by atoms with E-state index in [2.05, 4.69) is 18.8 Å². The second kappa shape index (κ2) is 5.34. The quantitative estimate of drug-likeness (QED) is 0.731. The van der Waals surface area contributed by atoms with Gasteiger partial charge in [0.05, 0.1) is 12.7 Å². The van der Waals surface area contributed by atoms with Crippen LogP contribution in [-0.2, 0) is 4.74 Å². The molecule has 4 rings (SSSR count). The fraction of sp³-hybridized carbons (Fsp3) is 0.875. The van der Waals surface area contributed by atoms with E-state index in [9.17, 15) is 0 Å². The van der Waals surface area contributed by atoms with Crippen LogP contribution in [0, 0.1) is 23.7 Å². The van der Waals surface area contributed by atoms with Gasteiger partial charge >= 0.3 is 0 Å². The monoisotopic (exact) mass is 249 g/mol. The van der Waals surface area contributed by atoms with Gasteiger partial charge in [-0.3, -0.25) is 0 Å². The third-order valence-electron chi connectivity index (χ3n) is 5.37. The second-order valence-electron chi connectivity index (χ2n) is 6.80. The molecule has 0 radical (unpaired) electrons. The highest BCUT2D eigenvalue weighted by molar-refractivity contribution is 5.01. The molecule has 2 heteroatoms. The van der Waals surface area contributed by atoms with E-state index in [0.717, 1.165) is 36.3 Å². The second-order valence-corrected chi connectivity index (χ2v) is 6.80. The summed E-state index contributed by atoms with van der Waals surface area (Å²) < 4.78 is 5.65. The molecular weight excluding hydrogens is 222 g/mol. The number of hydrogen-bond acceptors (Lipinski definition) is 2. The first-order valence-corrected chi connectivity index (χ1v) is 7.72. The van der Waals surface area contributed by atoms with Gasteiger partial charge in [0.15, 0.2) is 0 Å². The van der Waals surface area contributed by atoms with Crippen LogP contribution in [0.25, 0.3) is 0 Å². The van der Waals surface area contributed by atoms with Crippen molar-refractivity contribution in [2.45, 2.75) is 51.2 Å². The summed E-state index contributed by atoms with van der Waals surface area (Å²) in [4.78, 5) is 0. The van der Waals surface area contributed by atoms with Gasteiger partial charge in [-0.15, -0.1) is 6.58 Å². The highest BCUT2D eigenvalue weighted by Gasteiger charge is 2.47. The first-order chi connectivity index (χ1) is 8.76. The van der Waals surface area contributed by atoms with Crippen molar-refractivity contribution in [3.63, 3.8) is 0 Å². The molecule has 2 nitrogen and oxygen atoms in total. The average molecular weight is 249 g/mol. The van der Waals surface area contributed by atoms with E-state index in [-0.39, 0.29) is 0 Å². The van der Waals surface area contributed by atoms with Crippen LogP contribution in [0.2, 0.25) is 0 Å². The van der Waals surface area contributed by atoms with Crippen molar-refractivity contribution in [2.24, 2.45) is 23.7 Å². The maximum Gasteiger partial charge on any atom is 0.0675 e. The summed E-state index contributed by atoms with van der Waals surface area (Å²) in [6, 6.07) is 0.785. The summed E-state index contributed by atoms with van der Waals surface area (Å²) in [5.74, 6) is 4.07. The van der Waals surface area contributed by atoms with E-state index >= 15 is 0 Å². The molecule has 0 amide bonds. The largest absolute Gasteiger partial charge is 0.373 e. The topological polar surface area (TPSA) is 21.3 Å². The van der Waals surface area contributed by atoms with Crippen molar-refractivity contribution in [1.82, 2.24) is 5.32 Å². The molecule has 1 unspecified atom stereocenters. The lowest BCUT2D eigenvalue weighted by Crippen LogP contribution is -2.55. The fourth-order valence-corrected chi connectivity index (χ4v) is 4.85. The van der Waals surface area contributed by atoms with Crippen LogP contribution in [0.15, 0.2) is 12.7 Å². The zero-order valence-corrected chi connectivity index (χ0v) is 11.6. The molecule has 18 heavy (non-hydrogen) atoms. The Morgan fingerprint density at radius 3 is 2.33 bits per heavy atom. The molecule has 4 aliphatic carbocycles. The summed E-state index contributed by atoms with van der Waals surface area (Å²) in [6.07, 6.45) is 9.65. The molecule has 4 fully saturated rings. The molecule has 1 atom stereocenters. The van der Waals surface area contributed by atoms with Gasteiger partial charge in [0, 0.05) is 12.6 Å². The molecular formula is C16H27NO. The number of ether oxygens (including phenoxy) is 1. The van der Waals surface area contributed by atoms with Crippen LogP contribution < -0.4 is 5.32 Å². The fourth-order valence-electron chi connectivity index (χ4n) is 4.85. The highest BCUT2D eigenvalue weighted by Crippen LogP contribution is 2.53. The van der Waals surface area contributed by atoms with Gasteiger partial charge in [-0.05, 0) is 62.7 Å². The minimum atomic E-state index is 0.306. The van der Waals surface area contributed by atoms with Crippen molar-refractivity contribution in [3.05, 3.63) is 12.7 Å². The van der Waals surface area contributed by atoms with Gasteiger partial charge in [0.2, 0.25) is 0 Å². The Labute approximate surface area is 111 Å². The molecule has 0 aliphatic heterocycles. The SMILES string of the molecule is C=CCOC(C)CNC1C2CC3CC(C2)CC1C3. The molecule has 0 aromatic rings. The highest BCUT2D eigenvalue weighted by atomic mass is 16.5. The number of nitrogens with one attached hydrogen (secondary N) is 1. The zero-order chi connectivity index (χ0) is 12.5. The molecule has 1 N–H and O–H groups in total. The maximum absolute atomic E-state index is 5.65. The van der Waals surface area contributed by atoms with Gasteiger partial charge < -0.3 is 10.1 Å². The Morgan fingerprint density at radius 1 is 1.17 bits per heavy atom. The summed E-state index contributed by atoms with van der Waals surface area (Å²) in [5.41, 5.74) is 0. The van der Waals surface area contributed by atoms with E-state index < -0.39 is 0 Å². The Balaban J connectivity index is 1.49. The Morgan fingerprint density at radius 2 is 1.78 bits per heavy atom. The zero-order valence-electron chi connectivity index (χ0n) is 11.6. The lowest BCUT2D eigenvalue weighted by molar-refractivity contribution is -0.0195. The smallest absolute Gasteiger partial charge is 0.0675 e. The van der Waals surface area contributed by atoms with Crippen LogP contribution >= 0.6 is 0 Å². The van der Waals surface area contributed by atoms with E-state index in [0.29, 0.717) is 12.7 Å². The van der Waals surface area contributed by atoms with E-state index in [4.69, 9.17) is 4.74 Å². The van der Waals surface area contributed by atoms with Crippen molar-refractivity contribution in [2.75, 3.05) is 13.2 Å². The summed E-state index contributed by atoms with van der Waals surface area (Å²) >= 11 is 0. The van der Waals surface area contributed by atoms with E-state index in [1.165, 1.54) is 25.7 Å². The lowest BCUT2D eigenvalue weighted by Gasteiger charge is -2.54. The molecule has 0 saturated heterocycles. The van der Waals surface area contributed by atoms with Crippen LogP contribution in [0.3, 0.4) is 0 Å². The molecule has 4 saturated carbocycles. The molecule has 102 valence electrons. The molecule has 0 spiro atoms. The summed E-state index contributed by atoms with van der Waals surface area (Å²) in [5, 5.41) is 3.81. The third kappa shape index (κ3) is 2.50. The first kappa shape index (κ1) is 12.7. The van der Waals surface area contributed by atoms with Gasteiger partial charge in [0.25, 0.3) is 0 Å². The number of rotatable bonds is 6. The minimum absolute atomic E-state index is 0.306. The van der Waals surface area contributed by atoms with Crippen LogP contribution in [0.4, 0.5) is 0 Å². The first-order valence-electron chi connectivity index (χ1n) is 7.72. The predicted molar refractivity (Wildman–Crippen MR) is 74.4 cm³/mol. The number of hydrogen-bond donors (Lipinski definition) is 1. The maximum atomic E-state index is 5.65. The molecule has 0 aromatic heterocycles. The lowest BCUT2D eigenvalue weighted by atomic mass is 9.54. The van der Waals surface area contributed by atoms with Gasteiger partial charge in [-0.2, -0.15) is 0 Å². The van der Waals surface area contributed by atoms with Crippen LogP contribution in [0.1, 0.15) is 39.0 Å². The Bertz CT molecular complexity index is 273. The van der Waals surface area contributed by atoms with Crippen molar-refractivity contribution < 1.29 is 4.74 Å². The third-order valence-corrected chi connectivity index (χ3v) is 5.37. The Hall–Kier alpha value is -0.340. The predicted octanol–water partition coefficient (Wildman–Crippen LogP) is 2.99. The minimum Gasteiger partial charge on any atom is -0.373 e.